The van der Waals surface area contributed by atoms with Crippen LogP contribution in [-0.4, -0.2) is 29.8 Å². The third-order valence-corrected chi connectivity index (χ3v) is 3.44. The summed E-state index contributed by atoms with van der Waals surface area (Å²) in [5, 5.41) is 12.5. The minimum Gasteiger partial charge on any atom is -0.482 e. The first-order valence-corrected chi connectivity index (χ1v) is 7.91. The van der Waals surface area contributed by atoms with Gasteiger partial charge >= 0.3 is 5.97 Å². The fraction of sp³-hybridized carbons (Fsp3) is 0.211. The SMILES string of the molecule is CCc1ccc(CC(=O)N/N=C/c2ccc(OCC(=O)O)cc2)cc1. The molecule has 25 heavy (non-hydrogen) atoms. The number of carboxylic acid groups (broad SMARTS) is 1. The van der Waals surface area contributed by atoms with Crippen LogP contribution in [0.2, 0.25) is 0 Å². The molecule has 0 aliphatic heterocycles. The van der Waals surface area contributed by atoms with Crippen molar-refractivity contribution >= 4 is 18.1 Å². The maximum atomic E-state index is 11.9. The smallest absolute Gasteiger partial charge is 0.341 e. The van der Waals surface area contributed by atoms with Crippen LogP contribution in [0.5, 0.6) is 5.75 Å². The van der Waals surface area contributed by atoms with Crippen molar-refractivity contribution in [2.24, 2.45) is 5.10 Å². The van der Waals surface area contributed by atoms with E-state index in [-0.39, 0.29) is 18.9 Å². The average molecular weight is 340 g/mol. The van der Waals surface area contributed by atoms with E-state index < -0.39 is 5.97 Å². The number of carbonyl (C=O) groups is 2. The molecule has 0 radical (unpaired) electrons. The van der Waals surface area contributed by atoms with E-state index in [9.17, 15) is 9.59 Å². The number of rotatable bonds is 8. The van der Waals surface area contributed by atoms with Crippen molar-refractivity contribution in [1.82, 2.24) is 5.43 Å². The number of carboxylic acids is 1. The van der Waals surface area contributed by atoms with Gasteiger partial charge in [-0.3, -0.25) is 4.79 Å². The van der Waals surface area contributed by atoms with Gasteiger partial charge in [-0.15, -0.1) is 0 Å². The molecule has 130 valence electrons. The third kappa shape index (κ3) is 6.47. The van der Waals surface area contributed by atoms with Gasteiger partial charge in [0.15, 0.2) is 6.61 Å². The summed E-state index contributed by atoms with van der Waals surface area (Å²) in [6.07, 6.45) is 2.75. The highest BCUT2D eigenvalue weighted by atomic mass is 16.5. The first-order chi connectivity index (χ1) is 12.1. The van der Waals surface area contributed by atoms with Crippen molar-refractivity contribution < 1.29 is 19.4 Å². The Morgan fingerprint density at radius 3 is 2.32 bits per heavy atom. The number of nitrogens with one attached hydrogen (secondary N) is 1. The number of ether oxygens (including phenoxy) is 1. The molecule has 0 spiro atoms. The number of hydrogen-bond donors (Lipinski definition) is 2. The second kappa shape index (κ2) is 9.22. The molecule has 0 saturated carbocycles. The van der Waals surface area contributed by atoms with Gasteiger partial charge < -0.3 is 9.84 Å². The number of aliphatic carboxylic acids is 1. The molecule has 0 aromatic heterocycles. The number of hydrazone groups is 1. The minimum atomic E-state index is -1.03. The third-order valence-electron chi connectivity index (χ3n) is 3.44. The summed E-state index contributed by atoms with van der Waals surface area (Å²) in [6.45, 7) is 1.70. The Morgan fingerprint density at radius 2 is 1.72 bits per heavy atom. The molecule has 0 heterocycles. The molecule has 2 N–H and O–H groups in total. The Morgan fingerprint density at radius 1 is 1.08 bits per heavy atom. The van der Waals surface area contributed by atoms with E-state index in [4.69, 9.17) is 9.84 Å². The maximum absolute atomic E-state index is 11.9. The van der Waals surface area contributed by atoms with Crippen LogP contribution in [0.1, 0.15) is 23.6 Å². The van der Waals surface area contributed by atoms with E-state index in [2.05, 4.69) is 17.5 Å². The normalized spacial score (nSPS) is 10.6. The highest BCUT2D eigenvalue weighted by Gasteiger charge is 2.02. The summed E-state index contributed by atoms with van der Waals surface area (Å²) < 4.78 is 5.03. The number of amides is 1. The number of hydrogen-bond acceptors (Lipinski definition) is 4. The molecule has 0 aliphatic rings. The highest BCUT2D eigenvalue weighted by molar-refractivity contribution is 5.83. The molecular weight excluding hydrogens is 320 g/mol. The summed E-state index contributed by atoms with van der Waals surface area (Å²) in [7, 11) is 0. The van der Waals surface area contributed by atoms with Crippen molar-refractivity contribution in [2.75, 3.05) is 6.61 Å². The highest BCUT2D eigenvalue weighted by Crippen LogP contribution is 2.11. The maximum Gasteiger partial charge on any atom is 0.341 e. The predicted octanol–water partition coefficient (Wildman–Crippen LogP) is 2.41. The van der Waals surface area contributed by atoms with E-state index in [1.54, 1.807) is 24.3 Å². The van der Waals surface area contributed by atoms with Crippen molar-refractivity contribution in [3.63, 3.8) is 0 Å². The topological polar surface area (TPSA) is 88.0 Å². The molecule has 0 aliphatic carbocycles. The lowest BCUT2D eigenvalue weighted by Crippen LogP contribution is -2.19. The molecule has 6 heteroatoms. The van der Waals surface area contributed by atoms with Crippen molar-refractivity contribution in [3.05, 3.63) is 65.2 Å². The first-order valence-electron chi connectivity index (χ1n) is 7.91. The summed E-state index contributed by atoms with van der Waals surface area (Å²) in [4.78, 5) is 22.3. The van der Waals surface area contributed by atoms with E-state index in [1.165, 1.54) is 11.8 Å². The van der Waals surface area contributed by atoms with Gasteiger partial charge in [-0.05, 0) is 47.4 Å². The van der Waals surface area contributed by atoms with Gasteiger partial charge in [0.2, 0.25) is 5.91 Å². The Bertz CT molecular complexity index is 737. The van der Waals surface area contributed by atoms with E-state index in [1.807, 2.05) is 24.3 Å². The van der Waals surface area contributed by atoms with Crippen LogP contribution in [-0.2, 0) is 22.4 Å². The molecule has 0 bridgehead atoms. The fourth-order valence-electron chi connectivity index (χ4n) is 2.09. The molecule has 1 amide bonds. The Labute approximate surface area is 146 Å². The van der Waals surface area contributed by atoms with Crippen LogP contribution in [0, 0.1) is 0 Å². The quantitative estimate of drug-likeness (QED) is 0.570. The van der Waals surface area contributed by atoms with Crippen LogP contribution in [0.4, 0.5) is 0 Å². The van der Waals surface area contributed by atoms with Crippen LogP contribution in [0.15, 0.2) is 53.6 Å². The molecule has 2 aromatic carbocycles. The van der Waals surface area contributed by atoms with Gasteiger partial charge in [-0.1, -0.05) is 31.2 Å². The van der Waals surface area contributed by atoms with Crippen molar-refractivity contribution in [1.29, 1.82) is 0 Å². The fourth-order valence-corrected chi connectivity index (χ4v) is 2.09. The molecule has 0 atom stereocenters. The lowest BCUT2D eigenvalue weighted by Gasteiger charge is -2.03. The van der Waals surface area contributed by atoms with Gasteiger partial charge in [-0.2, -0.15) is 5.10 Å². The summed E-state index contributed by atoms with van der Waals surface area (Å²) in [6, 6.07) is 14.6. The second-order valence-electron chi connectivity index (χ2n) is 5.39. The van der Waals surface area contributed by atoms with Crippen LogP contribution in [0.25, 0.3) is 0 Å². The van der Waals surface area contributed by atoms with E-state index in [0.717, 1.165) is 17.5 Å². The summed E-state index contributed by atoms with van der Waals surface area (Å²) in [5.41, 5.74) is 5.41. The molecule has 2 rings (SSSR count). The monoisotopic (exact) mass is 340 g/mol. The summed E-state index contributed by atoms with van der Waals surface area (Å²) >= 11 is 0. The standard InChI is InChI=1S/C19H20N2O4/c1-2-14-3-5-15(6-4-14)11-18(22)21-20-12-16-7-9-17(10-8-16)25-13-19(23)24/h3-10,12H,2,11,13H2,1H3,(H,21,22)(H,23,24)/b20-12+. The number of benzene rings is 2. The predicted molar refractivity (Wildman–Crippen MR) is 94.8 cm³/mol. The van der Waals surface area contributed by atoms with Crippen molar-refractivity contribution in [2.45, 2.75) is 19.8 Å². The molecule has 2 aromatic rings. The zero-order valence-corrected chi connectivity index (χ0v) is 13.9. The van der Waals surface area contributed by atoms with Gasteiger partial charge in [0.05, 0.1) is 12.6 Å². The molecular formula is C19H20N2O4. The number of nitrogens with zero attached hydrogens (tertiary/aromatic N) is 1. The largest absolute Gasteiger partial charge is 0.482 e. The molecule has 0 unspecified atom stereocenters. The summed E-state index contributed by atoms with van der Waals surface area (Å²) in [5.74, 6) is -0.765. The zero-order valence-electron chi connectivity index (χ0n) is 13.9. The minimum absolute atomic E-state index is 0.193. The van der Waals surface area contributed by atoms with Crippen LogP contribution < -0.4 is 10.2 Å². The lowest BCUT2D eigenvalue weighted by atomic mass is 10.1. The Balaban J connectivity index is 1.81. The van der Waals surface area contributed by atoms with Gasteiger partial charge in [0.25, 0.3) is 0 Å². The van der Waals surface area contributed by atoms with E-state index >= 15 is 0 Å². The zero-order chi connectivity index (χ0) is 18.1. The van der Waals surface area contributed by atoms with Crippen molar-refractivity contribution in [3.8, 4) is 5.75 Å². The van der Waals surface area contributed by atoms with Gasteiger partial charge in [-0.25, -0.2) is 10.2 Å². The number of carbonyl (C=O) groups excluding carboxylic acids is 1. The molecule has 0 saturated heterocycles. The molecule has 0 fully saturated rings. The van der Waals surface area contributed by atoms with E-state index in [0.29, 0.717) is 5.75 Å². The Kier molecular flexibility index (Phi) is 6.71. The second-order valence-corrected chi connectivity index (χ2v) is 5.39. The average Bonchev–Trinajstić information content (AvgIpc) is 2.61. The first kappa shape index (κ1) is 18.2. The van der Waals surface area contributed by atoms with Crippen LogP contribution in [0.3, 0.4) is 0 Å². The van der Waals surface area contributed by atoms with Gasteiger partial charge in [0, 0.05) is 0 Å². The lowest BCUT2D eigenvalue weighted by molar-refractivity contribution is -0.139. The van der Waals surface area contributed by atoms with Crippen LogP contribution >= 0.6 is 0 Å². The Hall–Kier alpha value is -3.15. The number of aryl methyl sites for hydroxylation is 1. The molecule has 6 nitrogen and oxygen atoms in total. The van der Waals surface area contributed by atoms with Gasteiger partial charge in [0.1, 0.15) is 5.75 Å².